The Morgan fingerprint density at radius 2 is 2.04 bits per heavy atom. The molecule has 1 atom stereocenters. The maximum atomic E-state index is 12.3. The molecule has 0 saturated heterocycles. The molecule has 0 aliphatic rings. The van der Waals surface area contributed by atoms with Gasteiger partial charge < -0.3 is 10.3 Å². The predicted octanol–water partition coefficient (Wildman–Crippen LogP) is 2.10. The summed E-state index contributed by atoms with van der Waals surface area (Å²) in [5, 5.41) is 7.00. The minimum Gasteiger partial charge on any atom is -0.348 e. The summed E-state index contributed by atoms with van der Waals surface area (Å²) in [5.41, 5.74) is 3.54. The van der Waals surface area contributed by atoms with Gasteiger partial charge in [-0.1, -0.05) is 12.1 Å². The van der Waals surface area contributed by atoms with E-state index in [1.54, 1.807) is 11.0 Å². The van der Waals surface area contributed by atoms with E-state index in [2.05, 4.69) is 25.4 Å². The van der Waals surface area contributed by atoms with Gasteiger partial charge in [-0.15, -0.1) is 0 Å². The third-order valence-electron chi connectivity index (χ3n) is 3.73. The van der Waals surface area contributed by atoms with Crippen LogP contribution >= 0.6 is 0 Å². The van der Waals surface area contributed by atoms with Crippen molar-refractivity contribution in [3.63, 3.8) is 0 Å². The zero-order valence-corrected chi connectivity index (χ0v) is 13.9. The van der Waals surface area contributed by atoms with Crippen LogP contribution in [0.25, 0.3) is 11.3 Å². The SMILES string of the molecule is Cc1nc(-c2ccc(C(=O)N[C@@H](C)Cn3cncn3)cc2)c(C)[nH]1. The summed E-state index contributed by atoms with van der Waals surface area (Å²) in [6.45, 7) is 6.43. The molecule has 0 spiro atoms. The number of aromatic nitrogens is 5. The number of hydrogen-bond acceptors (Lipinski definition) is 4. The maximum absolute atomic E-state index is 12.3. The van der Waals surface area contributed by atoms with E-state index >= 15 is 0 Å². The lowest BCUT2D eigenvalue weighted by Gasteiger charge is -2.13. The molecule has 3 rings (SSSR count). The van der Waals surface area contributed by atoms with E-state index < -0.39 is 0 Å². The van der Waals surface area contributed by atoms with Gasteiger partial charge in [-0.3, -0.25) is 9.48 Å². The molecule has 1 aromatic carbocycles. The van der Waals surface area contributed by atoms with Crippen LogP contribution in [-0.4, -0.2) is 36.7 Å². The van der Waals surface area contributed by atoms with E-state index in [1.807, 2.05) is 45.0 Å². The molecule has 0 saturated carbocycles. The summed E-state index contributed by atoms with van der Waals surface area (Å²) >= 11 is 0. The summed E-state index contributed by atoms with van der Waals surface area (Å²) in [6.07, 6.45) is 3.11. The number of H-pyrrole nitrogens is 1. The van der Waals surface area contributed by atoms with Crippen molar-refractivity contribution in [2.24, 2.45) is 0 Å². The fraction of sp³-hybridized carbons (Fsp3) is 0.294. The fourth-order valence-electron chi connectivity index (χ4n) is 2.63. The highest BCUT2D eigenvalue weighted by molar-refractivity contribution is 5.94. The topological polar surface area (TPSA) is 88.5 Å². The first-order valence-corrected chi connectivity index (χ1v) is 7.80. The number of hydrogen-bond donors (Lipinski definition) is 2. The summed E-state index contributed by atoms with van der Waals surface area (Å²) < 4.78 is 1.69. The van der Waals surface area contributed by atoms with Gasteiger partial charge in [0.25, 0.3) is 5.91 Å². The van der Waals surface area contributed by atoms with Crippen LogP contribution in [0.4, 0.5) is 0 Å². The zero-order chi connectivity index (χ0) is 17.1. The van der Waals surface area contributed by atoms with Crippen molar-refractivity contribution in [3.8, 4) is 11.3 Å². The van der Waals surface area contributed by atoms with Crippen LogP contribution in [-0.2, 0) is 6.54 Å². The van der Waals surface area contributed by atoms with Crippen LogP contribution in [0.5, 0.6) is 0 Å². The largest absolute Gasteiger partial charge is 0.348 e. The number of benzene rings is 1. The molecule has 0 fully saturated rings. The molecule has 0 radical (unpaired) electrons. The molecule has 2 aromatic heterocycles. The number of carbonyl (C=O) groups is 1. The van der Waals surface area contributed by atoms with Crippen molar-refractivity contribution in [1.29, 1.82) is 0 Å². The monoisotopic (exact) mass is 324 g/mol. The Hall–Kier alpha value is -2.96. The molecule has 7 heteroatoms. The Labute approximate surface area is 140 Å². The van der Waals surface area contributed by atoms with Crippen molar-refractivity contribution in [3.05, 3.63) is 54.0 Å². The Morgan fingerprint density at radius 1 is 1.29 bits per heavy atom. The molecule has 3 aromatic rings. The van der Waals surface area contributed by atoms with Gasteiger partial charge in [0, 0.05) is 22.9 Å². The average Bonchev–Trinajstić information content (AvgIpc) is 3.16. The fourth-order valence-corrected chi connectivity index (χ4v) is 2.63. The molecule has 0 aliphatic carbocycles. The van der Waals surface area contributed by atoms with Crippen molar-refractivity contribution >= 4 is 5.91 Å². The van der Waals surface area contributed by atoms with Crippen LogP contribution in [0.15, 0.2) is 36.9 Å². The minimum absolute atomic E-state index is 0.0462. The summed E-state index contributed by atoms with van der Waals surface area (Å²) in [4.78, 5) is 23.9. The number of aromatic amines is 1. The molecule has 7 nitrogen and oxygen atoms in total. The smallest absolute Gasteiger partial charge is 0.251 e. The molecule has 2 heterocycles. The third-order valence-corrected chi connectivity index (χ3v) is 3.73. The van der Waals surface area contributed by atoms with Crippen molar-refractivity contribution in [2.45, 2.75) is 33.4 Å². The molecule has 0 unspecified atom stereocenters. The number of nitrogens with one attached hydrogen (secondary N) is 2. The molecular weight excluding hydrogens is 304 g/mol. The second-order valence-electron chi connectivity index (χ2n) is 5.87. The van der Waals surface area contributed by atoms with E-state index in [9.17, 15) is 4.79 Å². The van der Waals surface area contributed by atoms with Crippen molar-refractivity contribution < 1.29 is 4.79 Å². The van der Waals surface area contributed by atoms with Crippen LogP contribution in [0.1, 0.15) is 28.8 Å². The Kier molecular flexibility index (Phi) is 4.41. The lowest BCUT2D eigenvalue weighted by molar-refractivity contribution is 0.0936. The standard InChI is InChI=1S/C17H20N6O/c1-11(8-23-10-18-9-19-23)20-17(24)15-6-4-14(5-7-15)16-12(2)21-13(3)22-16/h4-7,9-11H,8H2,1-3H3,(H,20,24)(H,21,22)/t11-/m0/s1. The number of rotatable bonds is 5. The van der Waals surface area contributed by atoms with Gasteiger partial charge in [-0.05, 0) is 32.9 Å². The van der Waals surface area contributed by atoms with Crippen LogP contribution in [0, 0.1) is 13.8 Å². The van der Waals surface area contributed by atoms with E-state index in [4.69, 9.17) is 0 Å². The predicted molar refractivity (Wildman–Crippen MR) is 90.4 cm³/mol. The van der Waals surface area contributed by atoms with Gasteiger partial charge in [0.1, 0.15) is 18.5 Å². The molecule has 124 valence electrons. The molecule has 1 amide bonds. The van der Waals surface area contributed by atoms with Crippen LogP contribution in [0.3, 0.4) is 0 Å². The Morgan fingerprint density at radius 3 is 2.62 bits per heavy atom. The second-order valence-corrected chi connectivity index (χ2v) is 5.87. The number of aryl methyl sites for hydroxylation is 2. The third kappa shape index (κ3) is 3.51. The molecule has 2 N–H and O–H groups in total. The molecular formula is C17H20N6O. The second kappa shape index (κ2) is 6.66. The molecule has 0 aliphatic heterocycles. The van der Waals surface area contributed by atoms with Gasteiger partial charge in [0.2, 0.25) is 0 Å². The van der Waals surface area contributed by atoms with Crippen LogP contribution < -0.4 is 5.32 Å². The quantitative estimate of drug-likeness (QED) is 0.752. The summed E-state index contributed by atoms with van der Waals surface area (Å²) in [5.74, 6) is 0.773. The highest BCUT2D eigenvalue weighted by Gasteiger charge is 2.12. The van der Waals surface area contributed by atoms with E-state index in [-0.39, 0.29) is 11.9 Å². The number of amides is 1. The van der Waals surface area contributed by atoms with E-state index in [0.717, 1.165) is 22.8 Å². The first-order chi connectivity index (χ1) is 11.5. The summed E-state index contributed by atoms with van der Waals surface area (Å²) in [7, 11) is 0. The van der Waals surface area contributed by atoms with Crippen LogP contribution in [0.2, 0.25) is 0 Å². The Balaban J connectivity index is 1.66. The Bertz CT molecular complexity index is 819. The molecule has 0 bridgehead atoms. The lowest BCUT2D eigenvalue weighted by atomic mass is 10.1. The highest BCUT2D eigenvalue weighted by atomic mass is 16.1. The van der Waals surface area contributed by atoms with Crippen molar-refractivity contribution in [2.75, 3.05) is 0 Å². The zero-order valence-electron chi connectivity index (χ0n) is 13.9. The number of carbonyl (C=O) groups excluding carboxylic acids is 1. The normalized spacial score (nSPS) is 12.1. The maximum Gasteiger partial charge on any atom is 0.251 e. The number of imidazole rings is 1. The van der Waals surface area contributed by atoms with E-state index in [0.29, 0.717) is 12.1 Å². The van der Waals surface area contributed by atoms with E-state index in [1.165, 1.54) is 6.33 Å². The highest BCUT2D eigenvalue weighted by Crippen LogP contribution is 2.21. The van der Waals surface area contributed by atoms with Gasteiger partial charge >= 0.3 is 0 Å². The van der Waals surface area contributed by atoms with Gasteiger partial charge in [0.05, 0.1) is 12.2 Å². The van der Waals surface area contributed by atoms with Gasteiger partial charge in [-0.2, -0.15) is 5.10 Å². The minimum atomic E-state index is -0.107. The molecule has 24 heavy (non-hydrogen) atoms. The van der Waals surface area contributed by atoms with Crippen molar-refractivity contribution in [1.82, 2.24) is 30.0 Å². The lowest BCUT2D eigenvalue weighted by Crippen LogP contribution is -2.35. The first kappa shape index (κ1) is 15.9. The first-order valence-electron chi connectivity index (χ1n) is 7.80. The average molecular weight is 324 g/mol. The number of nitrogens with zero attached hydrogens (tertiary/aromatic N) is 4. The van der Waals surface area contributed by atoms with Gasteiger partial charge in [-0.25, -0.2) is 9.97 Å². The summed E-state index contributed by atoms with van der Waals surface area (Å²) in [6, 6.07) is 7.42. The van der Waals surface area contributed by atoms with Gasteiger partial charge in [0.15, 0.2) is 0 Å².